The van der Waals surface area contributed by atoms with Gasteiger partial charge in [0.1, 0.15) is 33.3 Å². The molecule has 10 aromatic rings. The van der Waals surface area contributed by atoms with Crippen molar-refractivity contribution >= 4 is 149 Å². The Labute approximate surface area is 463 Å². The highest BCUT2D eigenvalue weighted by Crippen LogP contribution is 2.25. The number of aromatic nitrogens is 9. The Bertz CT molecular complexity index is 3330. The first kappa shape index (κ1) is 57.8. The zero-order chi connectivity index (χ0) is 52.7. The molecule has 13 nitrogen and oxygen atoms in total. The lowest BCUT2D eigenvalue weighted by atomic mass is 10.1. The largest absolute Gasteiger partial charge is 0.462 e. The molecule has 0 spiro atoms. The van der Waals surface area contributed by atoms with E-state index in [1.807, 2.05) is 66.7 Å². The molecule has 22 heteroatoms. The van der Waals surface area contributed by atoms with Gasteiger partial charge in [0.2, 0.25) is 5.28 Å². The molecule has 0 unspecified atom stereocenters. The number of esters is 2. The number of para-hydroxylation sites is 1. The number of hydrogen-bond donors (Lipinski definition) is 0. The summed E-state index contributed by atoms with van der Waals surface area (Å²) in [5.41, 5.74) is 4.87. The Morgan fingerprint density at radius 1 is 0.438 bits per heavy atom. The molecule has 10 rings (SSSR count). The summed E-state index contributed by atoms with van der Waals surface area (Å²) < 4.78 is 9.49. The van der Waals surface area contributed by atoms with Crippen molar-refractivity contribution in [2.24, 2.45) is 0 Å². The minimum atomic E-state index is -0.512. The van der Waals surface area contributed by atoms with Gasteiger partial charge in [-0.05, 0) is 104 Å². The molecule has 0 saturated carbocycles. The van der Waals surface area contributed by atoms with Crippen LogP contribution in [0.3, 0.4) is 0 Å². The van der Waals surface area contributed by atoms with Gasteiger partial charge in [-0.2, -0.15) is 0 Å². The van der Waals surface area contributed by atoms with Gasteiger partial charge in [0, 0.05) is 56.6 Å². The van der Waals surface area contributed by atoms with Crippen LogP contribution in [0.1, 0.15) is 34.6 Å². The first-order chi connectivity index (χ1) is 35.2. The molecule has 6 aromatic heterocycles. The van der Waals surface area contributed by atoms with Crippen molar-refractivity contribution in [3.63, 3.8) is 0 Å². The summed E-state index contributed by atoms with van der Waals surface area (Å²) in [6, 6.07) is 36.5. The Hall–Kier alpha value is -6.10. The van der Waals surface area contributed by atoms with E-state index in [-0.39, 0.29) is 21.2 Å². The molecule has 0 fully saturated rings. The van der Waals surface area contributed by atoms with Crippen LogP contribution >= 0.6 is 104 Å². The average molecular weight is 1160 g/mol. The highest BCUT2D eigenvalue weighted by molar-refractivity contribution is 6.37. The Kier molecular flexibility index (Phi) is 23.9. The minimum absolute atomic E-state index is 0.0999. The van der Waals surface area contributed by atoms with Gasteiger partial charge in [0.25, 0.3) is 0 Å². The normalized spacial score (nSPS) is 10.1. The van der Waals surface area contributed by atoms with Crippen molar-refractivity contribution < 1.29 is 19.1 Å². The van der Waals surface area contributed by atoms with Gasteiger partial charge in [-0.25, -0.2) is 49.5 Å². The summed E-state index contributed by atoms with van der Waals surface area (Å²) in [5.74, 6) is -0.946. The number of benzene rings is 4. The Morgan fingerprint density at radius 3 is 1.63 bits per heavy atom. The molecule has 0 bridgehead atoms. The molecule has 0 aliphatic carbocycles. The van der Waals surface area contributed by atoms with E-state index in [1.54, 1.807) is 74.8 Å². The van der Waals surface area contributed by atoms with E-state index < -0.39 is 11.9 Å². The van der Waals surface area contributed by atoms with Gasteiger partial charge in [-0.1, -0.05) is 135 Å². The average Bonchev–Trinajstić information content (AvgIpc) is 3.39. The smallest absolute Gasteiger partial charge is 0.341 e. The SMILES string of the molecule is CCOC(=O)c1cc(Cl)cnc1Cl.CCOC(=O)c1cccnc1Cl.Clc1ccc2c(Cl)ccnc2c1.Clc1ccc2c(Cl)ncnc2c1.Clc1nccc(-c2ccccc2)n1.Clc1ncnc2ccccc12. The van der Waals surface area contributed by atoms with E-state index in [4.69, 9.17) is 114 Å². The number of pyridine rings is 3. The third kappa shape index (κ3) is 18.4. The molecular weight excluding hydrogens is 1120 g/mol. The zero-order valence-electron chi connectivity index (χ0n) is 38.0. The summed E-state index contributed by atoms with van der Waals surface area (Å²) in [4.78, 5) is 57.6. The number of hydrogen-bond acceptors (Lipinski definition) is 13. The number of fused-ring (bicyclic) bond motifs is 3. The predicted octanol–water partition coefficient (Wildman–Crippen LogP) is 16.0. The van der Waals surface area contributed by atoms with Crippen molar-refractivity contribution in [1.82, 2.24) is 44.9 Å². The third-order valence-electron chi connectivity index (χ3n) is 8.95. The predicted molar refractivity (Wildman–Crippen MR) is 294 cm³/mol. The summed E-state index contributed by atoms with van der Waals surface area (Å²) in [6.45, 7) is 4.08. The summed E-state index contributed by atoms with van der Waals surface area (Å²) in [5, 5.41) is 6.56. The van der Waals surface area contributed by atoms with E-state index in [2.05, 4.69) is 44.9 Å². The van der Waals surface area contributed by atoms with Gasteiger partial charge in [0.15, 0.2) is 0 Å². The van der Waals surface area contributed by atoms with E-state index in [0.717, 1.165) is 44.0 Å². The van der Waals surface area contributed by atoms with Crippen LogP contribution in [0.25, 0.3) is 44.0 Å². The molecule has 4 aromatic carbocycles. The Morgan fingerprint density at radius 2 is 1.00 bits per heavy atom. The number of carbonyl (C=O) groups excluding carboxylic acids is 2. The van der Waals surface area contributed by atoms with Crippen LogP contribution in [0.2, 0.25) is 46.0 Å². The molecular formula is C51H36Cl9N9O4. The fourth-order valence-corrected chi connectivity index (χ4v) is 7.32. The fraction of sp³-hybridized carbons (Fsp3) is 0.0784. The number of halogens is 9. The number of carbonyl (C=O) groups is 2. The zero-order valence-corrected chi connectivity index (χ0v) is 44.8. The van der Waals surface area contributed by atoms with Gasteiger partial charge in [0.05, 0.1) is 56.6 Å². The van der Waals surface area contributed by atoms with Crippen molar-refractivity contribution in [3.05, 3.63) is 216 Å². The molecule has 0 amide bonds. The third-order valence-corrected chi connectivity index (χ3v) is 11.3. The lowest BCUT2D eigenvalue weighted by Gasteiger charge is -2.02. The maximum atomic E-state index is 11.2. The van der Waals surface area contributed by atoms with Gasteiger partial charge >= 0.3 is 11.9 Å². The van der Waals surface area contributed by atoms with Crippen LogP contribution in [0.15, 0.2) is 159 Å². The van der Waals surface area contributed by atoms with Crippen LogP contribution in [0.5, 0.6) is 0 Å². The van der Waals surface area contributed by atoms with Crippen molar-refractivity contribution in [2.45, 2.75) is 13.8 Å². The Balaban J connectivity index is 0.000000163. The van der Waals surface area contributed by atoms with Gasteiger partial charge < -0.3 is 9.47 Å². The van der Waals surface area contributed by atoms with Gasteiger partial charge in [-0.15, -0.1) is 0 Å². The van der Waals surface area contributed by atoms with Crippen molar-refractivity contribution in [1.29, 1.82) is 0 Å². The van der Waals surface area contributed by atoms with Crippen LogP contribution < -0.4 is 0 Å². The van der Waals surface area contributed by atoms with Crippen molar-refractivity contribution in [3.8, 4) is 11.3 Å². The summed E-state index contributed by atoms with van der Waals surface area (Å²) in [6.07, 6.45) is 9.09. The molecule has 0 N–H and O–H groups in total. The van der Waals surface area contributed by atoms with Crippen LogP contribution in [-0.2, 0) is 9.47 Å². The maximum absolute atomic E-state index is 11.2. The van der Waals surface area contributed by atoms with E-state index >= 15 is 0 Å². The minimum Gasteiger partial charge on any atom is -0.462 e. The highest BCUT2D eigenvalue weighted by atomic mass is 35.5. The molecule has 0 aliphatic rings. The molecule has 0 saturated heterocycles. The van der Waals surface area contributed by atoms with E-state index in [1.165, 1.54) is 31.1 Å². The molecule has 0 atom stereocenters. The molecule has 0 radical (unpaired) electrons. The fourth-order valence-electron chi connectivity index (χ4n) is 5.68. The second kappa shape index (κ2) is 30.2. The molecule has 372 valence electrons. The van der Waals surface area contributed by atoms with Crippen LogP contribution in [-0.4, -0.2) is 70.0 Å². The second-order valence-corrected chi connectivity index (χ2v) is 17.3. The first-order valence-electron chi connectivity index (χ1n) is 21.1. The lowest BCUT2D eigenvalue weighted by Crippen LogP contribution is -2.06. The van der Waals surface area contributed by atoms with Gasteiger partial charge in [-0.3, -0.25) is 4.98 Å². The van der Waals surface area contributed by atoms with Crippen LogP contribution in [0, 0.1) is 0 Å². The highest BCUT2D eigenvalue weighted by Gasteiger charge is 2.13. The first-order valence-corrected chi connectivity index (χ1v) is 24.5. The topological polar surface area (TPSA) is 169 Å². The molecule has 6 heterocycles. The summed E-state index contributed by atoms with van der Waals surface area (Å²) >= 11 is 51.7. The van der Waals surface area contributed by atoms with E-state index in [9.17, 15) is 9.59 Å². The number of nitrogens with zero attached hydrogens (tertiary/aromatic N) is 9. The molecule has 0 aliphatic heterocycles. The number of ether oxygens (including phenoxy) is 2. The quantitative estimate of drug-likeness (QED) is 0.0691. The summed E-state index contributed by atoms with van der Waals surface area (Å²) in [7, 11) is 0. The number of rotatable bonds is 5. The second-order valence-electron chi connectivity index (χ2n) is 13.8. The van der Waals surface area contributed by atoms with E-state index in [0.29, 0.717) is 49.2 Å². The maximum Gasteiger partial charge on any atom is 0.341 e. The monoisotopic (exact) mass is 1150 g/mol. The standard InChI is InChI=1S/C10H7ClN2.C9H5Cl2N.C8H4Cl2N2.C8H7Cl2NO2.C8H5ClN2.C8H8ClNO2/c11-10-12-7-6-9(13-10)8-4-2-1-3-5-8;10-6-1-2-7-8(11)3-4-12-9(7)5-6;9-5-1-2-6-7(3-5)11-4-12-8(6)10;1-2-13-8(12)6-3-5(9)4-11-7(6)10;9-8-6-3-1-2-4-7(6)10-5-11-8;1-2-12-8(11)6-4-3-5-10-7(6)9/h1-7H;1-5H;1-4H;3-4H,2H2,1H3;1-5H;3-5H,2H2,1H3. The molecule has 73 heavy (non-hydrogen) atoms. The van der Waals surface area contributed by atoms with Crippen LogP contribution in [0.4, 0.5) is 0 Å². The van der Waals surface area contributed by atoms with Crippen molar-refractivity contribution in [2.75, 3.05) is 13.2 Å². The lowest BCUT2D eigenvalue weighted by molar-refractivity contribution is 0.0516.